The fraction of sp³-hybridized carbons (Fsp3) is 0.538. The lowest BCUT2D eigenvalue weighted by molar-refractivity contribution is 0.0526. The maximum Gasteiger partial charge on any atom is 0.339 e. The Kier molecular flexibility index (Phi) is 6.49. The van der Waals surface area contributed by atoms with Gasteiger partial charge in [-0.25, -0.2) is 9.78 Å². The quantitative estimate of drug-likeness (QED) is 0.774. The number of carbonyl (C=O) groups excluding carboxylic acids is 1. The van der Waals surface area contributed by atoms with Gasteiger partial charge in [0, 0.05) is 35.0 Å². The van der Waals surface area contributed by atoms with E-state index in [1.165, 1.54) is 6.20 Å². The van der Waals surface area contributed by atoms with E-state index in [0.29, 0.717) is 23.7 Å². The third-order valence-electron chi connectivity index (χ3n) is 2.51. The molecule has 1 aromatic rings. The summed E-state index contributed by atoms with van der Waals surface area (Å²) in [5.74, 6) is 0.994. The summed E-state index contributed by atoms with van der Waals surface area (Å²) in [6.45, 7) is 4.12. The number of pyridine rings is 1. The Labute approximate surface area is 116 Å². The highest BCUT2D eigenvalue weighted by Crippen LogP contribution is 2.09. The first kappa shape index (κ1) is 15.6. The second-order valence-electron chi connectivity index (χ2n) is 4.26. The van der Waals surface area contributed by atoms with Gasteiger partial charge in [-0.15, -0.1) is 0 Å². The van der Waals surface area contributed by atoms with Crippen LogP contribution >= 0.6 is 0 Å². The van der Waals surface area contributed by atoms with Crippen molar-refractivity contribution in [3.8, 4) is 0 Å². The molecule has 0 saturated heterocycles. The van der Waals surface area contributed by atoms with Gasteiger partial charge in [-0.2, -0.15) is 0 Å². The second-order valence-corrected chi connectivity index (χ2v) is 5.82. The van der Waals surface area contributed by atoms with Crippen molar-refractivity contribution in [1.29, 1.82) is 0 Å². The number of esters is 1. The van der Waals surface area contributed by atoms with Gasteiger partial charge >= 0.3 is 5.97 Å². The third-order valence-corrected chi connectivity index (χ3v) is 3.32. The smallest absolute Gasteiger partial charge is 0.339 e. The van der Waals surface area contributed by atoms with Crippen molar-refractivity contribution in [3.63, 3.8) is 0 Å². The predicted molar refractivity (Wildman–Crippen MR) is 76.8 cm³/mol. The van der Waals surface area contributed by atoms with Crippen molar-refractivity contribution in [2.45, 2.75) is 26.3 Å². The normalized spacial score (nSPS) is 13.6. The van der Waals surface area contributed by atoms with Gasteiger partial charge in [-0.05, 0) is 32.4 Å². The Bertz CT molecular complexity index is 434. The van der Waals surface area contributed by atoms with Gasteiger partial charge in [0.2, 0.25) is 0 Å². The minimum Gasteiger partial charge on any atom is -0.462 e. The van der Waals surface area contributed by atoms with E-state index in [9.17, 15) is 9.00 Å². The van der Waals surface area contributed by atoms with Crippen LogP contribution in [0.4, 0.5) is 5.82 Å². The van der Waals surface area contributed by atoms with Crippen LogP contribution in [-0.2, 0) is 15.5 Å². The number of nitrogens with zero attached hydrogens (tertiary/aromatic N) is 1. The van der Waals surface area contributed by atoms with E-state index >= 15 is 0 Å². The van der Waals surface area contributed by atoms with Gasteiger partial charge in [-0.1, -0.05) is 0 Å². The zero-order valence-corrected chi connectivity index (χ0v) is 12.3. The summed E-state index contributed by atoms with van der Waals surface area (Å²) in [5.41, 5.74) is 0.440. The van der Waals surface area contributed by atoms with Crippen molar-refractivity contribution in [2.75, 3.05) is 23.9 Å². The van der Waals surface area contributed by atoms with Crippen molar-refractivity contribution in [3.05, 3.63) is 23.9 Å². The van der Waals surface area contributed by atoms with Crippen LogP contribution in [0.15, 0.2) is 18.3 Å². The fourth-order valence-electron chi connectivity index (χ4n) is 1.48. The molecule has 0 saturated carbocycles. The molecule has 1 aromatic heterocycles. The molecule has 19 heavy (non-hydrogen) atoms. The number of aromatic nitrogens is 1. The summed E-state index contributed by atoms with van der Waals surface area (Å²) < 4.78 is 15.9. The van der Waals surface area contributed by atoms with Crippen molar-refractivity contribution in [1.82, 2.24) is 4.98 Å². The molecule has 1 rings (SSSR count). The maximum absolute atomic E-state index is 11.4. The Morgan fingerprint density at radius 2 is 2.26 bits per heavy atom. The second kappa shape index (κ2) is 7.89. The monoisotopic (exact) mass is 284 g/mol. The molecule has 0 fully saturated rings. The summed E-state index contributed by atoms with van der Waals surface area (Å²) >= 11 is 0. The van der Waals surface area contributed by atoms with Crippen LogP contribution in [0, 0.1) is 0 Å². The Hall–Kier alpha value is -1.43. The molecule has 2 atom stereocenters. The Morgan fingerprint density at radius 1 is 1.53 bits per heavy atom. The molecule has 0 amide bonds. The highest BCUT2D eigenvalue weighted by molar-refractivity contribution is 7.84. The molecular weight excluding hydrogens is 264 g/mol. The molecule has 0 aliphatic carbocycles. The van der Waals surface area contributed by atoms with Crippen molar-refractivity contribution in [2.24, 2.45) is 0 Å². The molecule has 0 aliphatic heterocycles. The lowest BCUT2D eigenvalue weighted by Gasteiger charge is -2.13. The summed E-state index contributed by atoms with van der Waals surface area (Å²) in [7, 11) is -0.778. The van der Waals surface area contributed by atoms with E-state index in [1.54, 1.807) is 25.3 Å². The van der Waals surface area contributed by atoms with Gasteiger partial charge in [0.25, 0.3) is 0 Å². The fourth-order valence-corrected chi connectivity index (χ4v) is 2.17. The van der Waals surface area contributed by atoms with Crippen LogP contribution in [0.1, 0.15) is 30.6 Å². The largest absolute Gasteiger partial charge is 0.462 e. The van der Waals surface area contributed by atoms with Crippen LogP contribution in [0.2, 0.25) is 0 Å². The highest BCUT2D eigenvalue weighted by Gasteiger charge is 2.08. The van der Waals surface area contributed by atoms with Crippen molar-refractivity contribution >= 4 is 22.6 Å². The topological polar surface area (TPSA) is 68.3 Å². The third kappa shape index (κ3) is 5.83. The Balaban J connectivity index is 2.52. The number of ether oxygens (including phenoxy) is 1. The van der Waals surface area contributed by atoms with Crippen LogP contribution < -0.4 is 5.32 Å². The van der Waals surface area contributed by atoms with Gasteiger partial charge in [0.05, 0.1) is 12.2 Å². The van der Waals surface area contributed by atoms with Crippen molar-refractivity contribution < 1.29 is 13.7 Å². The molecule has 0 spiro atoms. The average Bonchev–Trinajstić information content (AvgIpc) is 2.37. The number of rotatable bonds is 7. The average molecular weight is 284 g/mol. The SMILES string of the molecule is CCOC(=O)c1ccc(NC(C)CCS(C)=O)nc1. The summed E-state index contributed by atoms with van der Waals surface area (Å²) in [4.78, 5) is 15.6. The highest BCUT2D eigenvalue weighted by atomic mass is 32.2. The van der Waals surface area contributed by atoms with E-state index in [-0.39, 0.29) is 12.0 Å². The predicted octanol–water partition coefficient (Wildman–Crippen LogP) is 1.83. The summed E-state index contributed by atoms with van der Waals surface area (Å²) in [6.07, 6.45) is 3.99. The lowest BCUT2D eigenvalue weighted by atomic mass is 10.2. The lowest BCUT2D eigenvalue weighted by Crippen LogP contribution is -2.18. The number of hydrogen-bond donors (Lipinski definition) is 1. The molecule has 0 bridgehead atoms. The summed E-state index contributed by atoms with van der Waals surface area (Å²) in [6, 6.07) is 3.61. The molecule has 5 nitrogen and oxygen atoms in total. The summed E-state index contributed by atoms with van der Waals surface area (Å²) in [5, 5.41) is 3.20. The molecule has 6 heteroatoms. The van der Waals surface area contributed by atoms with Crippen LogP contribution in [0.25, 0.3) is 0 Å². The number of anilines is 1. The zero-order chi connectivity index (χ0) is 14.3. The van der Waals surface area contributed by atoms with E-state index in [0.717, 1.165) is 6.42 Å². The molecule has 1 N–H and O–H groups in total. The first-order chi connectivity index (χ1) is 9.02. The van der Waals surface area contributed by atoms with Crippen LogP contribution in [0.5, 0.6) is 0 Å². The molecule has 0 aliphatic rings. The first-order valence-corrected chi connectivity index (χ1v) is 7.95. The van der Waals surface area contributed by atoms with E-state index < -0.39 is 10.8 Å². The maximum atomic E-state index is 11.4. The van der Waals surface area contributed by atoms with Crippen LogP contribution in [0.3, 0.4) is 0 Å². The van der Waals surface area contributed by atoms with Crippen LogP contribution in [-0.4, -0.2) is 39.8 Å². The van der Waals surface area contributed by atoms with Gasteiger partial charge in [0.15, 0.2) is 0 Å². The number of carbonyl (C=O) groups is 1. The number of hydrogen-bond acceptors (Lipinski definition) is 5. The van der Waals surface area contributed by atoms with Gasteiger partial charge in [0.1, 0.15) is 5.82 Å². The molecule has 1 heterocycles. The van der Waals surface area contributed by atoms with E-state index in [2.05, 4.69) is 10.3 Å². The van der Waals surface area contributed by atoms with E-state index in [1.807, 2.05) is 6.92 Å². The Morgan fingerprint density at radius 3 is 2.79 bits per heavy atom. The molecule has 0 radical (unpaired) electrons. The van der Waals surface area contributed by atoms with Gasteiger partial charge in [-0.3, -0.25) is 4.21 Å². The standard InChI is InChI=1S/C13H20N2O3S/c1-4-18-13(16)11-5-6-12(14-9-11)15-10(2)7-8-19(3)17/h5-6,9-10H,4,7-8H2,1-3H3,(H,14,15). The molecule has 106 valence electrons. The minimum absolute atomic E-state index is 0.185. The van der Waals surface area contributed by atoms with Gasteiger partial charge < -0.3 is 10.1 Å². The molecule has 2 unspecified atom stereocenters. The minimum atomic E-state index is -0.778. The molecular formula is C13H20N2O3S. The first-order valence-electron chi connectivity index (χ1n) is 6.22. The number of nitrogens with one attached hydrogen (secondary N) is 1. The zero-order valence-electron chi connectivity index (χ0n) is 11.5. The molecule has 0 aromatic carbocycles. The van der Waals surface area contributed by atoms with E-state index in [4.69, 9.17) is 4.74 Å².